The predicted molar refractivity (Wildman–Crippen MR) is 126 cm³/mol. The van der Waals surface area contributed by atoms with E-state index in [1.54, 1.807) is 17.4 Å². The number of likely N-dealkylation sites (tertiary alicyclic amines) is 1. The summed E-state index contributed by atoms with van der Waals surface area (Å²) in [5.74, 6) is 0.706. The maximum absolute atomic E-state index is 13.1. The molecular weight excluding hydrogens is 463 g/mol. The van der Waals surface area contributed by atoms with Crippen LogP contribution >= 0.6 is 11.3 Å². The van der Waals surface area contributed by atoms with E-state index >= 15 is 0 Å². The maximum Gasteiger partial charge on any atom is 0.416 e. The molecule has 1 aliphatic carbocycles. The van der Waals surface area contributed by atoms with E-state index in [0.29, 0.717) is 22.7 Å². The number of fused-ring (bicyclic) bond motifs is 1. The molecule has 34 heavy (non-hydrogen) atoms. The standard InChI is InChI=1S/C24H26F3N5OS/c25-24(26,27)17-4-1-15-7-8-29-23(20(15)9-17)30-11-22(33)31-18-12-32(13-18)19-5-2-16(3-6-19)21-10-28-14-34-21/h1,4,7-10,14,16,18-19H,2-3,5-6,11-13H2,(H,29,30)(H,31,33). The second kappa shape index (κ2) is 9.50. The van der Waals surface area contributed by atoms with E-state index in [4.69, 9.17) is 0 Å². The summed E-state index contributed by atoms with van der Waals surface area (Å²) in [6.45, 7) is 1.63. The zero-order valence-electron chi connectivity index (χ0n) is 18.5. The van der Waals surface area contributed by atoms with E-state index in [9.17, 15) is 18.0 Å². The molecule has 0 radical (unpaired) electrons. The number of alkyl halides is 3. The van der Waals surface area contributed by atoms with E-state index in [2.05, 4.69) is 25.5 Å². The number of hydrogen-bond acceptors (Lipinski definition) is 6. The first-order chi connectivity index (χ1) is 16.4. The minimum Gasteiger partial charge on any atom is -0.360 e. The summed E-state index contributed by atoms with van der Waals surface area (Å²) >= 11 is 1.74. The van der Waals surface area contributed by atoms with Gasteiger partial charge in [0.05, 0.1) is 23.7 Å². The second-order valence-corrected chi connectivity index (χ2v) is 9.99. The van der Waals surface area contributed by atoms with Gasteiger partial charge in [0.25, 0.3) is 0 Å². The Morgan fingerprint density at radius 3 is 2.65 bits per heavy atom. The molecule has 10 heteroatoms. The van der Waals surface area contributed by atoms with E-state index in [1.165, 1.54) is 30.0 Å². The topological polar surface area (TPSA) is 70.2 Å². The van der Waals surface area contributed by atoms with Crippen molar-refractivity contribution in [3.8, 4) is 0 Å². The molecule has 2 aliphatic rings. The molecule has 3 aromatic rings. The third kappa shape index (κ3) is 5.02. The van der Waals surface area contributed by atoms with Gasteiger partial charge >= 0.3 is 6.18 Å². The van der Waals surface area contributed by atoms with Crippen molar-refractivity contribution in [2.75, 3.05) is 25.0 Å². The summed E-state index contributed by atoms with van der Waals surface area (Å²) in [6.07, 6.45) is 3.76. The van der Waals surface area contributed by atoms with Crippen LogP contribution in [0, 0.1) is 0 Å². The minimum absolute atomic E-state index is 0.0428. The normalized spacial score (nSPS) is 21.9. The van der Waals surface area contributed by atoms with Crippen molar-refractivity contribution in [1.82, 2.24) is 20.2 Å². The second-order valence-electron chi connectivity index (χ2n) is 9.07. The fourth-order valence-electron chi connectivity index (χ4n) is 4.98. The molecule has 180 valence electrons. The highest BCUT2D eigenvalue weighted by molar-refractivity contribution is 7.09. The smallest absolute Gasteiger partial charge is 0.360 e. The Labute approximate surface area is 199 Å². The Morgan fingerprint density at radius 2 is 1.94 bits per heavy atom. The van der Waals surface area contributed by atoms with Crippen molar-refractivity contribution in [2.24, 2.45) is 0 Å². The Balaban J connectivity index is 1.09. The van der Waals surface area contributed by atoms with Crippen molar-refractivity contribution in [3.63, 3.8) is 0 Å². The number of halogens is 3. The van der Waals surface area contributed by atoms with Crippen LogP contribution in [0.25, 0.3) is 10.8 Å². The van der Waals surface area contributed by atoms with Crippen LogP contribution in [0.4, 0.5) is 19.0 Å². The summed E-state index contributed by atoms with van der Waals surface area (Å²) in [5.41, 5.74) is 1.16. The van der Waals surface area contributed by atoms with Gasteiger partial charge in [0, 0.05) is 41.8 Å². The number of amides is 1. The molecule has 2 aromatic heterocycles. The molecule has 1 aromatic carbocycles. The van der Waals surface area contributed by atoms with Gasteiger partial charge in [0.15, 0.2) is 0 Å². The van der Waals surface area contributed by atoms with Gasteiger partial charge in [-0.15, -0.1) is 11.3 Å². The summed E-state index contributed by atoms with van der Waals surface area (Å²) in [4.78, 5) is 24.6. The van der Waals surface area contributed by atoms with E-state index < -0.39 is 11.7 Å². The highest BCUT2D eigenvalue weighted by Gasteiger charge is 2.35. The summed E-state index contributed by atoms with van der Waals surface area (Å²) < 4.78 is 39.3. The zero-order valence-corrected chi connectivity index (χ0v) is 19.3. The van der Waals surface area contributed by atoms with E-state index in [-0.39, 0.29) is 24.3 Å². The molecule has 0 spiro atoms. The average Bonchev–Trinajstić information content (AvgIpc) is 3.34. The lowest BCUT2D eigenvalue weighted by molar-refractivity contribution is -0.137. The number of carbonyl (C=O) groups is 1. The maximum atomic E-state index is 13.1. The molecule has 5 rings (SSSR count). The van der Waals surface area contributed by atoms with Gasteiger partial charge in [-0.2, -0.15) is 13.2 Å². The summed E-state index contributed by atoms with van der Waals surface area (Å²) in [5, 5.41) is 6.89. The van der Waals surface area contributed by atoms with Gasteiger partial charge in [-0.05, 0) is 55.2 Å². The number of thiazole rings is 1. The molecule has 3 heterocycles. The molecule has 0 bridgehead atoms. The van der Waals surface area contributed by atoms with Gasteiger partial charge in [-0.1, -0.05) is 6.07 Å². The van der Waals surface area contributed by atoms with Crippen LogP contribution in [0.5, 0.6) is 0 Å². The Morgan fingerprint density at radius 1 is 1.15 bits per heavy atom. The molecule has 2 fully saturated rings. The number of rotatable bonds is 6. The van der Waals surface area contributed by atoms with Crippen LogP contribution in [0.1, 0.15) is 42.0 Å². The van der Waals surface area contributed by atoms with Gasteiger partial charge in [-0.3, -0.25) is 14.7 Å². The molecule has 1 aliphatic heterocycles. The van der Waals surface area contributed by atoms with Gasteiger partial charge < -0.3 is 10.6 Å². The number of aromatic nitrogens is 2. The number of hydrogen-bond donors (Lipinski definition) is 2. The average molecular weight is 490 g/mol. The third-order valence-corrected chi connectivity index (χ3v) is 7.79. The number of pyridine rings is 1. The van der Waals surface area contributed by atoms with Crippen molar-refractivity contribution < 1.29 is 18.0 Å². The fourth-order valence-corrected chi connectivity index (χ4v) is 5.78. The molecular formula is C24H26F3N5OS. The highest BCUT2D eigenvalue weighted by atomic mass is 32.1. The predicted octanol–water partition coefficient (Wildman–Crippen LogP) is 4.65. The van der Waals surface area contributed by atoms with Gasteiger partial charge in [0.2, 0.25) is 5.91 Å². The lowest BCUT2D eigenvalue weighted by Gasteiger charge is -2.46. The van der Waals surface area contributed by atoms with Crippen LogP contribution in [-0.2, 0) is 11.0 Å². The minimum atomic E-state index is -4.44. The Bertz CT molecular complexity index is 1140. The molecule has 1 amide bonds. The largest absolute Gasteiger partial charge is 0.416 e. The number of nitrogens with one attached hydrogen (secondary N) is 2. The number of anilines is 1. The number of carbonyl (C=O) groups excluding carboxylic acids is 1. The zero-order chi connectivity index (χ0) is 23.7. The van der Waals surface area contributed by atoms with Crippen molar-refractivity contribution >= 4 is 33.8 Å². The molecule has 1 saturated heterocycles. The van der Waals surface area contributed by atoms with E-state index in [1.807, 2.05) is 11.7 Å². The molecule has 6 nitrogen and oxygen atoms in total. The molecule has 1 saturated carbocycles. The highest BCUT2D eigenvalue weighted by Crippen LogP contribution is 2.37. The first-order valence-corrected chi connectivity index (χ1v) is 12.4. The lowest BCUT2D eigenvalue weighted by atomic mass is 9.83. The van der Waals surface area contributed by atoms with Gasteiger partial charge in [0.1, 0.15) is 5.82 Å². The van der Waals surface area contributed by atoms with Crippen LogP contribution in [-0.4, -0.2) is 52.5 Å². The SMILES string of the molecule is O=C(CNc1nccc2ccc(C(F)(F)F)cc12)NC1CN(C2CCC(c3cncs3)CC2)C1. The van der Waals surface area contributed by atoms with Gasteiger partial charge in [-0.25, -0.2) is 4.98 Å². The molecule has 2 N–H and O–H groups in total. The van der Waals surface area contributed by atoms with E-state index in [0.717, 1.165) is 38.1 Å². The van der Waals surface area contributed by atoms with Crippen molar-refractivity contribution in [3.05, 3.63) is 52.6 Å². The van der Waals surface area contributed by atoms with Crippen LogP contribution in [0.15, 0.2) is 42.2 Å². The fraction of sp³-hybridized carbons (Fsp3) is 0.458. The van der Waals surface area contributed by atoms with Crippen molar-refractivity contribution in [2.45, 2.75) is 49.9 Å². The van der Waals surface area contributed by atoms with Crippen LogP contribution < -0.4 is 10.6 Å². The summed E-state index contributed by atoms with van der Waals surface area (Å²) in [6, 6.07) is 5.85. The Kier molecular flexibility index (Phi) is 6.44. The lowest BCUT2D eigenvalue weighted by Crippen LogP contribution is -2.62. The Hall–Kier alpha value is -2.72. The number of benzene rings is 1. The monoisotopic (exact) mass is 489 g/mol. The summed E-state index contributed by atoms with van der Waals surface area (Å²) in [7, 11) is 0. The first kappa shape index (κ1) is 23.0. The third-order valence-electron chi connectivity index (χ3n) is 6.85. The molecule has 0 unspecified atom stereocenters. The van der Waals surface area contributed by atoms with Crippen molar-refractivity contribution in [1.29, 1.82) is 0 Å². The van der Waals surface area contributed by atoms with Crippen LogP contribution in [0.3, 0.4) is 0 Å². The molecule has 0 atom stereocenters. The quantitative estimate of drug-likeness (QED) is 0.528. The van der Waals surface area contributed by atoms with Crippen LogP contribution in [0.2, 0.25) is 0 Å². The first-order valence-electron chi connectivity index (χ1n) is 11.5. The number of nitrogens with zero attached hydrogens (tertiary/aromatic N) is 3.